The minimum atomic E-state index is 0.454. The van der Waals surface area contributed by atoms with Gasteiger partial charge in [-0.05, 0) is 60.6 Å². The summed E-state index contributed by atoms with van der Waals surface area (Å²) in [5.74, 6) is 1.88. The van der Waals surface area contributed by atoms with Crippen molar-refractivity contribution in [1.29, 1.82) is 0 Å². The Hall–Kier alpha value is -1.02. The molecule has 0 amide bonds. The Labute approximate surface area is 129 Å². The molecule has 1 aromatic carbocycles. The molecule has 3 atom stereocenters. The fourth-order valence-electron chi connectivity index (χ4n) is 4.67. The zero-order chi connectivity index (χ0) is 15.1. The Morgan fingerprint density at radius 1 is 1.29 bits per heavy atom. The fourth-order valence-corrected chi connectivity index (χ4v) is 4.67. The van der Waals surface area contributed by atoms with Crippen LogP contribution in [0.25, 0.3) is 0 Å². The number of benzene rings is 1. The highest BCUT2D eigenvalue weighted by molar-refractivity contribution is 5.28. The van der Waals surface area contributed by atoms with Gasteiger partial charge in [0.2, 0.25) is 0 Å². The minimum absolute atomic E-state index is 0.454. The highest BCUT2D eigenvalue weighted by atomic mass is 16.5. The summed E-state index contributed by atoms with van der Waals surface area (Å²) < 4.78 is 5.59. The van der Waals surface area contributed by atoms with Crippen LogP contribution in [-0.4, -0.2) is 12.6 Å². The second kappa shape index (κ2) is 5.31. The second-order valence-electron chi connectivity index (χ2n) is 7.62. The van der Waals surface area contributed by atoms with Crippen LogP contribution in [0.15, 0.2) is 24.3 Å². The molecule has 0 saturated heterocycles. The molecule has 0 heterocycles. The quantitative estimate of drug-likeness (QED) is 0.867. The van der Waals surface area contributed by atoms with Crippen molar-refractivity contribution in [3.8, 4) is 5.75 Å². The standard InChI is InChI=1S/C19H29NO/c1-5-21-16-8-6-7-14(11-16)13-20-17-12-15-9-10-19(17,4)18(15,2)3/h6-8,11,15,17,20H,5,9-10,12-13H2,1-4H3. The molecule has 116 valence electrons. The zero-order valence-corrected chi connectivity index (χ0v) is 13.9. The van der Waals surface area contributed by atoms with Crippen LogP contribution < -0.4 is 10.1 Å². The predicted octanol–water partition coefficient (Wildman–Crippen LogP) is 4.39. The largest absolute Gasteiger partial charge is 0.494 e. The van der Waals surface area contributed by atoms with E-state index in [1.54, 1.807) is 0 Å². The Kier molecular flexibility index (Phi) is 3.77. The van der Waals surface area contributed by atoms with Gasteiger partial charge in [-0.2, -0.15) is 0 Å². The third kappa shape index (κ3) is 2.38. The molecule has 2 aliphatic carbocycles. The van der Waals surface area contributed by atoms with Crippen LogP contribution in [0.2, 0.25) is 0 Å². The molecule has 2 saturated carbocycles. The van der Waals surface area contributed by atoms with Gasteiger partial charge in [0.05, 0.1) is 6.61 Å². The van der Waals surface area contributed by atoms with E-state index in [0.717, 1.165) is 24.8 Å². The topological polar surface area (TPSA) is 21.3 Å². The van der Waals surface area contributed by atoms with Crippen molar-refractivity contribution in [3.05, 3.63) is 29.8 Å². The molecule has 0 spiro atoms. The monoisotopic (exact) mass is 287 g/mol. The van der Waals surface area contributed by atoms with Gasteiger partial charge in [0.15, 0.2) is 0 Å². The minimum Gasteiger partial charge on any atom is -0.494 e. The van der Waals surface area contributed by atoms with Gasteiger partial charge in [0, 0.05) is 12.6 Å². The van der Waals surface area contributed by atoms with Crippen molar-refractivity contribution >= 4 is 0 Å². The van der Waals surface area contributed by atoms with Crippen LogP contribution in [0.5, 0.6) is 5.75 Å². The summed E-state index contributed by atoms with van der Waals surface area (Å²) in [5, 5.41) is 3.84. The van der Waals surface area contributed by atoms with Crippen molar-refractivity contribution in [2.45, 2.75) is 59.5 Å². The molecule has 2 bridgehead atoms. The lowest BCUT2D eigenvalue weighted by Gasteiger charge is -2.39. The second-order valence-corrected chi connectivity index (χ2v) is 7.62. The molecule has 2 heteroatoms. The molecule has 3 unspecified atom stereocenters. The molecule has 2 fully saturated rings. The first kappa shape index (κ1) is 14.9. The van der Waals surface area contributed by atoms with Crippen LogP contribution in [0.3, 0.4) is 0 Å². The number of hydrogen-bond donors (Lipinski definition) is 1. The van der Waals surface area contributed by atoms with Gasteiger partial charge in [-0.1, -0.05) is 32.9 Å². The average Bonchev–Trinajstić information content (AvgIpc) is 2.79. The predicted molar refractivity (Wildman–Crippen MR) is 87.5 cm³/mol. The molecule has 2 nitrogen and oxygen atoms in total. The van der Waals surface area contributed by atoms with Crippen molar-refractivity contribution in [1.82, 2.24) is 5.32 Å². The van der Waals surface area contributed by atoms with Crippen molar-refractivity contribution < 1.29 is 4.74 Å². The Bertz CT molecular complexity index is 510. The van der Waals surface area contributed by atoms with Crippen LogP contribution in [0, 0.1) is 16.7 Å². The number of nitrogens with one attached hydrogen (secondary N) is 1. The van der Waals surface area contributed by atoms with E-state index in [2.05, 4.69) is 44.3 Å². The van der Waals surface area contributed by atoms with E-state index in [1.807, 2.05) is 13.0 Å². The lowest BCUT2D eigenvalue weighted by Crippen LogP contribution is -2.44. The van der Waals surface area contributed by atoms with E-state index in [1.165, 1.54) is 24.8 Å². The lowest BCUT2D eigenvalue weighted by atomic mass is 9.69. The van der Waals surface area contributed by atoms with E-state index in [0.29, 0.717) is 16.9 Å². The third-order valence-corrected chi connectivity index (χ3v) is 6.56. The normalized spacial score (nSPS) is 33.3. The molecule has 1 aromatic rings. The first-order chi connectivity index (χ1) is 9.97. The summed E-state index contributed by atoms with van der Waals surface area (Å²) in [4.78, 5) is 0. The molecule has 1 N–H and O–H groups in total. The van der Waals surface area contributed by atoms with E-state index >= 15 is 0 Å². The molecule has 2 aliphatic rings. The number of rotatable bonds is 5. The molecule has 3 rings (SSSR count). The molecule has 0 aliphatic heterocycles. The maximum Gasteiger partial charge on any atom is 0.119 e. The van der Waals surface area contributed by atoms with Crippen molar-refractivity contribution in [3.63, 3.8) is 0 Å². The highest BCUT2D eigenvalue weighted by Crippen LogP contribution is 2.65. The average molecular weight is 287 g/mol. The summed E-state index contributed by atoms with van der Waals surface area (Å²) in [6.45, 7) is 11.2. The lowest BCUT2D eigenvalue weighted by molar-refractivity contribution is 0.120. The van der Waals surface area contributed by atoms with Gasteiger partial charge in [0.1, 0.15) is 5.75 Å². The van der Waals surface area contributed by atoms with Gasteiger partial charge in [-0.15, -0.1) is 0 Å². The molecule has 0 aromatic heterocycles. The van der Waals surface area contributed by atoms with E-state index in [9.17, 15) is 0 Å². The highest BCUT2D eigenvalue weighted by Gasteiger charge is 2.60. The smallest absolute Gasteiger partial charge is 0.119 e. The van der Waals surface area contributed by atoms with Gasteiger partial charge in [-0.25, -0.2) is 0 Å². The SMILES string of the molecule is CCOc1cccc(CNC2CC3CCC2(C)C3(C)C)c1. The summed E-state index contributed by atoms with van der Waals surface area (Å²) in [5.41, 5.74) is 2.26. The summed E-state index contributed by atoms with van der Waals surface area (Å²) in [6, 6.07) is 9.14. The number of hydrogen-bond acceptors (Lipinski definition) is 2. The Morgan fingerprint density at radius 2 is 2.10 bits per heavy atom. The van der Waals surface area contributed by atoms with Gasteiger partial charge in [-0.3, -0.25) is 0 Å². The Balaban J connectivity index is 1.65. The van der Waals surface area contributed by atoms with Gasteiger partial charge < -0.3 is 10.1 Å². The first-order valence-electron chi connectivity index (χ1n) is 8.42. The van der Waals surface area contributed by atoms with Crippen LogP contribution >= 0.6 is 0 Å². The molecule has 0 radical (unpaired) electrons. The third-order valence-electron chi connectivity index (χ3n) is 6.56. The molecular weight excluding hydrogens is 258 g/mol. The summed E-state index contributed by atoms with van der Waals surface area (Å²) in [7, 11) is 0. The van der Waals surface area contributed by atoms with Gasteiger partial charge in [0.25, 0.3) is 0 Å². The van der Waals surface area contributed by atoms with Crippen LogP contribution in [0.1, 0.15) is 52.5 Å². The summed E-state index contributed by atoms with van der Waals surface area (Å²) >= 11 is 0. The van der Waals surface area contributed by atoms with Crippen molar-refractivity contribution in [2.24, 2.45) is 16.7 Å². The van der Waals surface area contributed by atoms with Gasteiger partial charge >= 0.3 is 0 Å². The van der Waals surface area contributed by atoms with Crippen molar-refractivity contribution in [2.75, 3.05) is 6.61 Å². The van der Waals surface area contributed by atoms with E-state index in [-0.39, 0.29) is 0 Å². The van der Waals surface area contributed by atoms with E-state index < -0.39 is 0 Å². The first-order valence-corrected chi connectivity index (χ1v) is 8.42. The zero-order valence-electron chi connectivity index (χ0n) is 13.9. The maximum absolute atomic E-state index is 5.59. The molecular formula is C19H29NO. The van der Waals surface area contributed by atoms with E-state index in [4.69, 9.17) is 4.74 Å². The number of ether oxygens (including phenoxy) is 1. The maximum atomic E-state index is 5.59. The Morgan fingerprint density at radius 3 is 2.71 bits per heavy atom. The number of fused-ring (bicyclic) bond motifs is 2. The fraction of sp³-hybridized carbons (Fsp3) is 0.684. The van der Waals surface area contributed by atoms with Crippen LogP contribution in [-0.2, 0) is 6.54 Å². The summed E-state index contributed by atoms with van der Waals surface area (Å²) in [6.07, 6.45) is 4.14. The van der Waals surface area contributed by atoms with Crippen LogP contribution in [0.4, 0.5) is 0 Å². The molecule has 21 heavy (non-hydrogen) atoms.